The van der Waals surface area contributed by atoms with Crippen molar-refractivity contribution < 1.29 is 19.1 Å². The Bertz CT molecular complexity index is 356. The van der Waals surface area contributed by atoms with Gasteiger partial charge in [-0.05, 0) is 5.56 Å². The molecular formula is C14H21NO4. The lowest BCUT2D eigenvalue weighted by molar-refractivity contribution is -0.193. The monoisotopic (exact) mass is 267 g/mol. The standard InChI is InChI=1S/C14H21NO4/c1-13(16)19-15(8-9-18-11-10-17-2)12-14-6-4-3-5-7-14/h3-7H,8-12H2,1-2H3. The van der Waals surface area contributed by atoms with Crippen LogP contribution in [0.1, 0.15) is 12.5 Å². The van der Waals surface area contributed by atoms with Crippen molar-refractivity contribution in [1.82, 2.24) is 5.06 Å². The maximum atomic E-state index is 11.1. The van der Waals surface area contributed by atoms with E-state index >= 15 is 0 Å². The Hall–Kier alpha value is -1.43. The van der Waals surface area contributed by atoms with Crippen LogP contribution < -0.4 is 0 Å². The number of methoxy groups -OCH3 is 1. The minimum absolute atomic E-state index is 0.326. The topological polar surface area (TPSA) is 48.0 Å². The van der Waals surface area contributed by atoms with Crippen LogP contribution in [0, 0.1) is 0 Å². The third-order valence-corrected chi connectivity index (χ3v) is 2.38. The van der Waals surface area contributed by atoms with Gasteiger partial charge in [-0.25, -0.2) is 0 Å². The van der Waals surface area contributed by atoms with E-state index in [2.05, 4.69) is 0 Å². The highest BCUT2D eigenvalue weighted by molar-refractivity contribution is 5.65. The first-order valence-corrected chi connectivity index (χ1v) is 6.26. The van der Waals surface area contributed by atoms with Crippen LogP contribution in [0.5, 0.6) is 0 Å². The Labute approximate surface area is 114 Å². The van der Waals surface area contributed by atoms with Gasteiger partial charge in [-0.2, -0.15) is 0 Å². The van der Waals surface area contributed by atoms with Gasteiger partial charge in [0.1, 0.15) is 0 Å². The van der Waals surface area contributed by atoms with Gasteiger partial charge in [-0.1, -0.05) is 30.3 Å². The molecule has 5 nitrogen and oxygen atoms in total. The van der Waals surface area contributed by atoms with E-state index in [1.165, 1.54) is 6.92 Å². The van der Waals surface area contributed by atoms with E-state index in [0.717, 1.165) is 5.56 Å². The fourth-order valence-electron chi connectivity index (χ4n) is 1.54. The number of hydroxylamine groups is 2. The molecule has 0 aliphatic carbocycles. The quantitative estimate of drug-likeness (QED) is 0.503. The van der Waals surface area contributed by atoms with E-state index in [9.17, 15) is 4.79 Å². The van der Waals surface area contributed by atoms with Gasteiger partial charge in [0, 0.05) is 14.0 Å². The number of hydrogen-bond acceptors (Lipinski definition) is 5. The van der Waals surface area contributed by atoms with Crippen molar-refractivity contribution in [3.8, 4) is 0 Å². The average molecular weight is 267 g/mol. The van der Waals surface area contributed by atoms with Crippen LogP contribution in [-0.4, -0.2) is 44.5 Å². The highest BCUT2D eigenvalue weighted by Crippen LogP contribution is 2.05. The maximum absolute atomic E-state index is 11.1. The number of carbonyl (C=O) groups is 1. The second-order valence-corrected chi connectivity index (χ2v) is 4.04. The molecule has 0 radical (unpaired) electrons. The highest BCUT2D eigenvalue weighted by Gasteiger charge is 2.09. The molecule has 19 heavy (non-hydrogen) atoms. The number of ether oxygens (including phenoxy) is 2. The van der Waals surface area contributed by atoms with Gasteiger partial charge in [0.05, 0.1) is 32.9 Å². The Balaban J connectivity index is 2.36. The minimum Gasteiger partial charge on any atom is -0.382 e. The Morgan fingerprint density at radius 3 is 2.53 bits per heavy atom. The third kappa shape index (κ3) is 7.56. The van der Waals surface area contributed by atoms with Crippen LogP contribution in [0.4, 0.5) is 0 Å². The van der Waals surface area contributed by atoms with Crippen molar-refractivity contribution in [3.63, 3.8) is 0 Å². The Morgan fingerprint density at radius 1 is 1.16 bits per heavy atom. The first-order chi connectivity index (χ1) is 9.22. The van der Waals surface area contributed by atoms with Crippen LogP contribution in [0.2, 0.25) is 0 Å². The molecule has 0 bridgehead atoms. The summed E-state index contributed by atoms with van der Waals surface area (Å²) in [6.07, 6.45) is 0. The number of benzene rings is 1. The molecule has 0 unspecified atom stereocenters. The van der Waals surface area contributed by atoms with Crippen molar-refractivity contribution in [2.75, 3.05) is 33.5 Å². The Kier molecular flexibility index (Phi) is 7.81. The molecule has 0 saturated heterocycles. The Morgan fingerprint density at radius 2 is 1.89 bits per heavy atom. The molecular weight excluding hydrogens is 246 g/mol. The van der Waals surface area contributed by atoms with Gasteiger partial charge in [0.2, 0.25) is 0 Å². The molecule has 106 valence electrons. The van der Waals surface area contributed by atoms with Crippen LogP contribution in [-0.2, 0) is 25.7 Å². The molecule has 0 atom stereocenters. The summed E-state index contributed by atoms with van der Waals surface area (Å²) in [5.74, 6) is -0.326. The predicted octanol–water partition coefficient (Wildman–Crippen LogP) is 1.63. The van der Waals surface area contributed by atoms with E-state index in [-0.39, 0.29) is 5.97 Å². The van der Waals surface area contributed by atoms with Crippen molar-refractivity contribution in [3.05, 3.63) is 35.9 Å². The largest absolute Gasteiger partial charge is 0.382 e. The van der Waals surface area contributed by atoms with Gasteiger partial charge in [-0.15, -0.1) is 5.06 Å². The van der Waals surface area contributed by atoms with E-state index in [4.69, 9.17) is 14.3 Å². The van der Waals surface area contributed by atoms with E-state index in [1.807, 2.05) is 30.3 Å². The molecule has 1 aromatic rings. The SMILES string of the molecule is COCCOCCN(Cc1ccccc1)OC(C)=O. The molecule has 1 aromatic carbocycles. The molecule has 0 aliphatic rings. The maximum Gasteiger partial charge on any atom is 0.322 e. The molecule has 0 heterocycles. The fraction of sp³-hybridized carbons (Fsp3) is 0.500. The number of rotatable bonds is 9. The normalized spacial score (nSPS) is 10.7. The molecule has 0 saturated carbocycles. The van der Waals surface area contributed by atoms with E-state index < -0.39 is 0 Å². The summed E-state index contributed by atoms with van der Waals surface area (Å²) in [6.45, 7) is 4.06. The van der Waals surface area contributed by atoms with Crippen LogP contribution >= 0.6 is 0 Å². The minimum atomic E-state index is -0.326. The van der Waals surface area contributed by atoms with Crippen molar-refractivity contribution in [2.45, 2.75) is 13.5 Å². The summed E-state index contributed by atoms with van der Waals surface area (Å²) in [7, 11) is 1.63. The first kappa shape index (κ1) is 15.6. The molecule has 1 rings (SSSR count). The summed E-state index contributed by atoms with van der Waals surface area (Å²) in [6, 6.07) is 9.84. The van der Waals surface area contributed by atoms with Crippen molar-refractivity contribution in [1.29, 1.82) is 0 Å². The number of nitrogens with zero attached hydrogens (tertiary/aromatic N) is 1. The smallest absolute Gasteiger partial charge is 0.322 e. The van der Waals surface area contributed by atoms with Gasteiger partial charge in [0.25, 0.3) is 0 Å². The van der Waals surface area contributed by atoms with Crippen LogP contribution in [0.15, 0.2) is 30.3 Å². The summed E-state index contributed by atoms with van der Waals surface area (Å²) in [5, 5.41) is 1.60. The molecule has 0 aromatic heterocycles. The summed E-state index contributed by atoms with van der Waals surface area (Å²) in [5.41, 5.74) is 1.08. The summed E-state index contributed by atoms with van der Waals surface area (Å²) >= 11 is 0. The van der Waals surface area contributed by atoms with E-state index in [0.29, 0.717) is 32.9 Å². The third-order valence-electron chi connectivity index (χ3n) is 2.38. The molecule has 0 aliphatic heterocycles. The first-order valence-electron chi connectivity index (χ1n) is 6.26. The zero-order valence-electron chi connectivity index (χ0n) is 11.5. The molecule has 0 fully saturated rings. The van der Waals surface area contributed by atoms with Crippen LogP contribution in [0.25, 0.3) is 0 Å². The lowest BCUT2D eigenvalue weighted by Crippen LogP contribution is -2.29. The van der Waals surface area contributed by atoms with Crippen molar-refractivity contribution >= 4 is 5.97 Å². The predicted molar refractivity (Wildman–Crippen MR) is 71.3 cm³/mol. The molecule has 0 amide bonds. The van der Waals surface area contributed by atoms with Crippen molar-refractivity contribution in [2.24, 2.45) is 0 Å². The van der Waals surface area contributed by atoms with Gasteiger partial charge >= 0.3 is 5.97 Å². The lowest BCUT2D eigenvalue weighted by atomic mass is 10.2. The highest BCUT2D eigenvalue weighted by atomic mass is 16.7. The summed E-state index contributed by atoms with van der Waals surface area (Å²) < 4.78 is 10.3. The van der Waals surface area contributed by atoms with Gasteiger partial charge < -0.3 is 14.3 Å². The zero-order chi connectivity index (χ0) is 13.9. The molecule has 5 heteroatoms. The summed E-state index contributed by atoms with van der Waals surface area (Å²) in [4.78, 5) is 16.2. The van der Waals surface area contributed by atoms with Gasteiger partial charge in [0.15, 0.2) is 0 Å². The number of hydrogen-bond donors (Lipinski definition) is 0. The fourth-order valence-corrected chi connectivity index (χ4v) is 1.54. The molecule has 0 spiro atoms. The van der Waals surface area contributed by atoms with Gasteiger partial charge in [-0.3, -0.25) is 4.79 Å². The molecule has 0 N–H and O–H groups in total. The van der Waals surface area contributed by atoms with Crippen LogP contribution in [0.3, 0.4) is 0 Å². The van der Waals surface area contributed by atoms with E-state index in [1.54, 1.807) is 12.2 Å². The average Bonchev–Trinajstić information content (AvgIpc) is 2.39. The number of carbonyl (C=O) groups excluding carboxylic acids is 1. The zero-order valence-corrected chi connectivity index (χ0v) is 11.5. The second kappa shape index (κ2) is 9.49. The second-order valence-electron chi connectivity index (χ2n) is 4.04. The lowest BCUT2D eigenvalue weighted by Gasteiger charge is -2.20.